The minimum atomic E-state index is -1.11. The molecule has 0 spiro atoms. The van der Waals surface area contributed by atoms with Gasteiger partial charge in [-0.1, -0.05) is 54.6 Å². The van der Waals surface area contributed by atoms with Gasteiger partial charge in [-0.15, -0.1) is 6.58 Å². The molecule has 0 heterocycles. The second kappa shape index (κ2) is 10.7. The lowest BCUT2D eigenvalue weighted by molar-refractivity contribution is -0.137. The van der Waals surface area contributed by atoms with Crippen molar-refractivity contribution >= 4 is 46.2 Å². The maximum atomic E-state index is 12.7. The van der Waals surface area contributed by atoms with Gasteiger partial charge in [0.1, 0.15) is 13.2 Å². The van der Waals surface area contributed by atoms with Gasteiger partial charge < -0.3 is 14.7 Å². The molecular formula is C27H23IN2O5. The Balaban J connectivity index is 1.42. The predicted molar refractivity (Wildman–Crippen MR) is 142 cm³/mol. The minimum absolute atomic E-state index is 0.0442. The standard InChI is InChI=1S/C27H23IN2O5/c1-2-13-30(15-25(31)32)26(33)17-11-12-24(23(28)14-17)29-27(34)35-16-22-20-9-5-3-7-18(20)19-8-4-6-10-21(19)22/h2-12,14,22H,1,13,15-16H2,(H,29,34)(H,31,32). The fourth-order valence-corrected chi connectivity index (χ4v) is 4.87. The van der Waals surface area contributed by atoms with Crippen molar-refractivity contribution in [2.24, 2.45) is 0 Å². The third-order valence-corrected chi connectivity index (χ3v) is 6.65. The predicted octanol–water partition coefficient (Wildman–Crippen LogP) is 5.37. The number of anilines is 1. The smallest absolute Gasteiger partial charge is 0.411 e. The molecule has 0 bridgehead atoms. The molecule has 0 saturated heterocycles. The van der Waals surface area contributed by atoms with Gasteiger partial charge in [-0.05, 0) is 63.0 Å². The number of hydrogen-bond acceptors (Lipinski definition) is 4. The fourth-order valence-electron chi connectivity index (χ4n) is 4.21. The van der Waals surface area contributed by atoms with E-state index in [1.54, 1.807) is 18.2 Å². The molecule has 3 aromatic rings. The van der Waals surface area contributed by atoms with Gasteiger partial charge in [-0.3, -0.25) is 14.9 Å². The van der Waals surface area contributed by atoms with Gasteiger partial charge in [0, 0.05) is 21.6 Å². The van der Waals surface area contributed by atoms with Crippen molar-refractivity contribution < 1.29 is 24.2 Å². The summed E-state index contributed by atoms with van der Waals surface area (Å²) < 4.78 is 6.21. The van der Waals surface area contributed by atoms with Crippen LogP contribution in [0.3, 0.4) is 0 Å². The zero-order valence-corrected chi connectivity index (χ0v) is 20.9. The van der Waals surface area contributed by atoms with E-state index in [0.717, 1.165) is 22.3 Å². The molecule has 0 unspecified atom stereocenters. The summed E-state index contributed by atoms with van der Waals surface area (Å²) in [5.74, 6) is -1.58. The Morgan fingerprint density at radius 1 is 1.03 bits per heavy atom. The molecule has 1 aliphatic carbocycles. The first-order valence-electron chi connectivity index (χ1n) is 10.9. The van der Waals surface area contributed by atoms with Crippen LogP contribution in [0, 0.1) is 3.57 Å². The number of benzene rings is 3. The lowest BCUT2D eigenvalue weighted by atomic mass is 9.98. The number of hydrogen-bond donors (Lipinski definition) is 2. The molecule has 8 heteroatoms. The fraction of sp³-hybridized carbons (Fsp3) is 0.148. The molecule has 3 aromatic carbocycles. The van der Waals surface area contributed by atoms with E-state index in [-0.39, 0.29) is 19.1 Å². The minimum Gasteiger partial charge on any atom is -0.480 e. The van der Waals surface area contributed by atoms with Crippen molar-refractivity contribution in [1.29, 1.82) is 0 Å². The lowest BCUT2D eigenvalue weighted by Gasteiger charge is -2.19. The Labute approximate surface area is 216 Å². The zero-order chi connectivity index (χ0) is 24.9. The quantitative estimate of drug-likeness (QED) is 0.275. The van der Waals surface area contributed by atoms with Gasteiger partial charge in [0.15, 0.2) is 0 Å². The summed E-state index contributed by atoms with van der Waals surface area (Å²) in [6.45, 7) is 3.45. The van der Waals surface area contributed by atoms with E-state index in [0.29, 0.717) is 14.8 Å². The average Bonchev–Trinajstić information content (AvgIpc) is 3.17. The van der Waals surface area contributed by atoms with Gasteiger partial charge in [0.25, 0.3) is 5.91 Å². The number of rotatable bonds is 8. The summed E-state index contributed by atoms with van der Waals surface area (Å²) in [4.78, 5) is 37.5. The Hall–Kier alpha value is -3.66. The number of fused-ring (bicyclic) bond motifs is 3. The number of ether oxygens (including phenoxy) is 1. The molecule has 0 radical (unpaired) electrons. The van der Waals surface area contributed by atoms with Crippen molar-refractivity contribution in [3.8, 4) is 11.1 Å². The van der Waals surface area contributed by atoms with Crippen LogP contribution >= 0.6 is 22.6 Å². The van der Waals surface area contributed by atoms with Crippen LogP contribution in [0.2, 0.25) is 0 Å². The van der Waals surface area contributed by atoms with E-state index < -0.39 is 24.5 Å². The first-order chi connectivity index (χ1) is 16.9. The second-order valence-electron chi connectivity index (χ2n) is 8.01. The Morgan fingerprint density at radius 3 is 2.23 bits per heavy atom. The molecule has 35 heavy (non-hydrogen) atoms. The average molecular weight is 582 g/mol. The number of nitrogens with zero attached hydrogens (tertiary/aromatic N) is 1. The molecule has 1 aliphatic rings. The number of carboxylic acid groups (broad SMARTS) is 1. The van der Waals surface area contributed by atoms with E-state index in [1.165, 1.54) is 11.0 Å². The van der Waals surface area contributed by atoms with E-state index in [2.05, 4.69) is 36.2 Å². The van der Waals surface area contributed by atoms with Crippen molar-refractivity contribution in [1.82, 2.24) is 4.90 Å². The molecule has 0 fully saturated rings. The zero-order valence-electron chi connectivity index (χ0n) is 18.7. The molecule has 0 atom stereocenters. The van der Waals surface area contributed by atoms with E-state index in [9.17, 15) is 14.4 Å². The van der Waals surface area contributed by atoms with Crippen molar-refractivity contribution in [2.75, 3.05) is 25.0 Å². The highest BCUT2D eigenvalue weighted by atomic mass is 127. The van der Waals surface area contributed by atoms with Gasteiger partial charge in [-0.25, -0.2) is 4.79 Å². The topological polar surface area (TPSA) is 95.9 Å². The summed E-state index contributed by atoms with van der Waals surface area (Å²) in [7, 11) is 0. The van der Waals surface area contributed by atoms with Gasteiger partial charge in [0.05, 0.1) is 5.69 Å². The third-order valence-electron chi connectivity index (χ3n) is 5.76. The summed E-state index contributed by atoms with van der Waals surface area (Å²) in [6, 6.07) is 21.0. The number of nitrogens with one attached hydrogen (secondary N) is 1. The molecular weight excluding hydrogens is 559 g/mol. The van der Waals surface area contributed by atoms with Gasteiger partial charge >= 0.3 is 12.1 Å². The summed E-state index contributed by atoms with van der Waals surface area (Å²) >= 11 is 2.01. The van der Waals surface area contributed by atoms with Crippen LogP contribution in [0.4, 0.5) is 10.5 Å². The largest absolute Gasteiger partial charge is 0.480 e. The van der Waals surface area contributed by atoms with E-state index in [1.807, 2.05) is 46.9 Å². The molecule has 7 nitrogen and oxygen atoms in total. The number of aliphatic carboxylic acids is 1. The van der Waals surface area contributed by atoms with Crippen molar-refractivity contribution in [2.45, 2.75) is 5.92 Å². The number of carbonyl (C=O) groups is 3. The summed E-state index contributed by atoms with van der Waals surface area (Å²) in [5, 5.41) is 11.8. The SMILES string of the molecule is C=CCN(CC(=O)O)C(=O)c1ccc(NC(=O)OCC2c3ccccc3-c3ccccc32)c(I)c1. The highest BCUT2D eigenvalue weighted by Crippen LogP contribution is 2.44. The maximum absolute atomic E-state index is 12.7. The molecule has 0 saturated carbocycles. The highest BCUT2D eigenvalue weighted by Gasteiger charge is 2.29. The Kier molecular flexibility index (Phi) is 7.50. The first-order valence-corrected chi connectivity index (χ1v) is 12.0. The lowest BCUT2D eigenvalue weighted by Crippen LogP contribution is -2.35. The van der Waals surface area contributed by atoms with Crippen LogP contribution in [-0.2, 0) is 9.53 Å². The monoisotopic (exact) mass is 582 g/mol. The summed E-state index contributed by atoms with van der Waals surface area (Å²) in [6.07, 6.45) is 0.877. The van der Waals surface area contributed by atoms with Crippen molar-refractivity contribution in [3.05, 3.63) is 99.6 Å². The second-order valence-corrected chi connectivity index (χ2v) is 9.18. The molecule has 2 amide bonds. The van der Waals surface area contributed by atoms with E-state index in [4.69, 9.17) is 9.84 Å². The highest BCUT2D eigenvalue weighted by molar-refractivity contribution is 14.1. The number of amides is 2. The first kappa shape index (κ1) is 24.5. The van der Waals surface area contributed by atoms with Crippen molar-refractivity contribution in [3.63, 3.8) is 0 Å². The maximum Gasteiger partial charge on any atom is 0.411 e. The van der Waals surface area contributed by atoms with Crippen LogP contribution in [-0.4, -0.2) is 47.7 Å². The van der Waals surface area contributed by atoms with Crippen LogP contribution in [0.1, 0.15) is 27.4 Å². The number of carboxylic acids is 1. The summed E-state index contributed by atoms with van der Waals surface area (Å²) in [5.41, 5.74) is 5.37. The molecule has 2 N–H and O–H groups in total. The van der Waals surface area contributed by atoms with Gasteiger partial charge in [0.2, 0.25) is 0 Å². The Bertz CT molecular complexity index is 1260. The van der Waals surface area contributed by atoms with Crippen LogP contribution in [0.5, 0.6) is 0 Å². The van der Waals surface area contributed by atoms with Gasteiger partial charge in [-0.2, -0.15) is 0 Å². The molecule has 0 aromatic heterocycles. The number of carbonyl (C=O) groups excluding carboxylic acids is 2. The van der Waals surface area contributed by atoms with Crippen LogP contribution in [0.15, 0.2) is 79.4 Å². The third kappa shape index (κ3) is 5.37. The van der Waals surface area contributed by atoms with E-state index >= 15 is 0 Å². The normalized spacial score (nSPS) is 11.8. The molecule has 0 aliphatic heterocycles. The van der Waals surface area contributed by atoms with Crippen LogP contribution in [0.25, 0.3) is 11.1 Å². The Morgan fingerprint density at radius 2 is 1.66 bits per heavy atom. The molecule has 178 valence electrons. The number of halogens is 1. The molecule has 4 rings (SSSR count). The van der Waals surface area contributed by atoms with Crippen LogP contribution < -0.4 is 5.32 Å².